The van der Waals surface area contributed by atoms with Crippen LogP contribution in [0.1, 0.15) is 16.8 Å². The molecule has 0 unspecified atom stereocenters. The Labute approximate surface area is 201 Å². The molecule has 0 N–H and O–H groups in total. The number of carbonyl (C=O) groups is 1. The number of hydrogen-bond donors (Lipinski definition) is 0. The van der Waals surface area contributed by atoms with Crippen LogP contribution >= 0.6 is 34.8 Å². The number of halogens is 3. The first kappa shape index (κ1) is 24.0. The molecule has 0 aliphatic heterocycles. The molecule has 0 bridgehead atoms. The topological polar surface area (TPSA) is 62.6 Å². The smallest absolute Gasteiger partial charge is 0.330 e. The second-order valence-corrected chi connectivity index (χ2v) is 7.91. The van der Waals surface area contributed by atoms with Gasteiger partial charge in [-0.2, -0.15) is 5.10 Å². The van der Waals surface area contributed by atoms with E-state index in [2.05, 4.69) is 5.10 Å². The zero-order valence-electron chi connectivity index (χ0n) is 17.5. The summed E-state index contributed by atoms with van der Waals surface area (Å²) in [7, 11) is 1.60. The van der Waals surface area contributed by atoms with Gasteiger partial charge in [0.25, 0.3) is 0 Å². The number of carbonyl (C=O) groups excluding carboxylic acids is 1. The normalized spacial score (nSPS) is 11.0. The van der Waals surface area contributed by atoms with Gasteiger partial charge in [-0.25, -0.2) is 9.48 Å². The molecule has 1 heterocycles. The molecule has 3 rings (SSSR count). The quantitative estimate of drug-likeness (QED) is 0.212. The van der Waals surface area contributed by atoms with Gasteiger partial charge in [-0.3, -0.25) is 0 Å². The third-order valence-electron chi connectivity index (χ3n) is 4.49. The molecule has 0 aliphatic rings. The number of aromatic nitrogens is 2. The number of aryl methyl sites for hydroxylation is 1. The third-order valence-corrected chi connectivity index (χ3v) is 5.47. The number of esters is 1. The zero-order chi connectivity index (χ0) is 23.1. The van der Waals surface area contributed by atoms with Crippen molar-refractivity contribution in [3.8, 4) is 11.5 Å². The van der Waals surface area contributed by atoms with Crippen LogP contribution in [0.4, 0.5) is 0 Å². The number of hydrogen-bond acceptors (Lipinski definition) is 5. The van der Waals surface area contributed by atoms with E-state index in [4.69, 9.17) is 49.0 Å². The maximum Gasteiger partial charge on any atom is 0.330 e. The first-order valence-electron chi connectivity index (χ1n) is 9.66. The summed E-state index contributed by atoms with van der Waals surface area (Å²) in [6.45, 7) is 2.51. The maximum absolute atomic E-state index is 12.0. The maximum atomic E-state index is 12.0. The Hall–Kier alpha value is -2.67. The molecule has 0 fully saturated rings. The van der Waals surface area contributed by atoms with E-state index in [9.17, 15) is 4.79 Å². The van der Waals surface area contributed by atoms with E-state index in [1.54, 1.807) is 61.2 Å². The van der Waals surface area contributed by atoms with Crippen molar-refractivity contribution in [2.45, 2.75) is 13.5 Å². The van der Waals surface area contributed by atoms with E-state index < -0.39 is 5.97 Å². The molecule has 0 radical (unpaired) electrons. The SMILES string of the molecule is COc1ccc(OCCOC(=O)C=Cc2c(C)nn(Cc3ccc(Cl)cc3Cl)c2Cl)cc1. The predicted molar refractivity (Wildman–Crippen MR) is 126 cm³/mol. The molecule has 3 aromatic rings. The fourth-order valence-corrected chi connectivity index (χ4v) is 3.61. The van der Waals surface area contributed by atoms with Crippen molar-refractivity contribution in [1.82, 2.24) is 9.78 Å². The number of nitrogens with zero attached hydrogens (tertiary/aromatic N) is 2. The van der Waals surface area contributed by atoms with Crippen LogP contribution in [0.5, 0.6) is 11.5 Å². The molecule has 168 valence electrons. The summed E-state index contributed by atoms with van der Waals surface area (Å²) >= 11 is 18.6. The van der Waals surface area contributed by atoms with E-state index in [0.29, 0.717) is 38.8 Å². The molecule has 0 saturated carbocycles. The van der Waals surface area contributed by atoms with E-state index in [-0.39, 0.29) is 13.2 Å². The van der Waals surface area contributed by atoms with Gasteiger partial charge in [-0.05, 0) is 55.0 Å². The molecule has 0 saturated heterocycles. The van der Waals surface area contributed by atoms with Crippen LogP contribution in [0.3, 0.4) is 0 Å². The zero-order valence-corrected chi connectivity index (χ0v) is 19.7. The van der Waals surface area contributed by atoms with E-state index in [0.717, 1.165) is 11.3 Å². The van der Waals surface area contributed by atoms with E-state index in [1.807, 2.05) is 6.07 Å². The van der Waals surface area contributed by atoms with Crippen LogP contribution in [0.15, 0.2) is 48.5 Å². The minimum Gasteiger partial charge on any atom is -0.497 e. The van der Waals surface area contributed by atoms with E-state index in [1.165, 1.54) is 6.08 Å². The van der Waals surface area contributed by atoms with Crippen molar-refractivity contribution < 1.29 is 19.0 Å². The largest absolute Gasteiger partial charge is 0.497 e. The van der Waals surface area contributed by atoms with Gasteiger partial charge in [0.15, 0.2) is 0 Å². The van der Waals surface area contributed by atoms with Crippen LogP contribution in [0.2, 0.25) is 15.2 Å². The molecule has 32 heavy (non-hydrogen) atoms. The first-order valence-corrected chi connectivity index (χ1v) is 10.8. The summed E-state index contributed by atoms with van der Waals surface area (Å²) in [5, 5.41) is 5.90. The molecule has 0 spiro atoms. The lowest BCUT2D eigenvalue weighted by atomic mass is 10.2. The minimum absolute atomic E-state index is 0.107. The summed E-state index contributed by atoms with van der Waals surface area (Å²) in [6, 6.07) is 12.4. The van der Waals surface area contributed by atoms with Gasteiger partial charge in [0, 0.05) is 21.7 Å². The highest BCUT2D eigenvalue weighted by molar-refractivity contribution is 6.35. The Kier molecular flexibility index (Phi) is 8.45. The molecule has 9 heteroatoms. The van der Waals surface area contributed by atoms with Gasteiger partial charge < -0.3 is 14.2 Å². The fourth-order valence-electron chi connectivity index (χ4n) is 2.85. The van der Waals surface area contributed by atoms with Gasteiger partial charge in [-0.1, -0.05) is 40.9 Å². The van der Waals surface area contributed by atoms with Crippen molar-refractivity contribution in [2.24, 2.45) is 0 Å². The number of rotatable bonds is 9. The highest BCUT2D eigenvalue weighted by atomic mass is 35.5. The summed E-state index contributed by atoms with van der Waals surface area (Å²) in [6.07, 6.45) is 2.89. The number of ether oxygens (including phenoxy) is 3. The van der Waals surface area contributed by atoms with Crippen molar-refractivity contribution >= 4 is 46.8 Å². The Bertz CT molecular complexity index is 1110. The Morgan fingerprint density at radius 3 is 2.47 bits per heavy atom. The highest BCUT2D eigenvalue weighted by Crippen LogP contribution is 2.26. The summed E-state index contributed by atoms with van der Waals surface area (Å²) in [4.78, 5) is 12.0. The summed E-state index contributed by atoms with van der Waals surface area (Å²) in [5.74, 6) is 0.891. The van der Waals surface area contributed by atoms with Crippen LogP contribution in [-0.4, -0.2) is 36.1 Å². The summed E-state index contributed by atoms with van der Waals surface area (Å²) in [5.41, 5.74) is 2.13. The van der Waals surface area contributed by atoms with Crippen LogP contribution in [-0.2, 0) is 16.1 Å². The first-order chi connectivity index (χ1) is 15.4. The second-order valence-electron chi connectivity index (χ2n) is 6.71. The molecule has 1 aromatic heterocycles. The van der Waals surface area contributed by atoms with Gasteiger partial charge in [0.1, 0.15) is 29.9 Å². The molecule has 2 aromatic carbocycles. The number of methoxy groups -OCH3 is 1. The minimum atomic E-state index is -0.507. The van der Waals surface area contributed by atoms with Crippen molar-refractivity contribution in [2.75, 3.05) is 20.3 Å². The lowest BCUT2D eigenvalue weighted by Gasteiger charge is -2.07. The average Bonchev–Trinajstić information content (AvgIpc) is 3.04. The molecule has 0 atom stereocenters. The Morgan fingerprint density at radius 2 is 1.78 bits per heavy atom. The lowest BCUT2D eigenvalue weighted by molar-refractivity contribution is -0.138. The van der Waals surface area contributed by atoms with Gasteiger partial charge in [-0.15, -0.1) is 0 Å². The predicted octanol–water partition coefficient (Wildman–Crippen LogP) is 5.84. The fraction of sp³-hybridized carbons (Fsp3) is 0.217. The van der Waals surface area contributed by atoms with Gasteiger partial charge in [0.05, 0.1) is 19.3 Å². The van der Waals surface area contributed by atoms with Crippen molar-refractivity contribution in [3.05, 3.63) is 80.6 Å². The van der Waals surface area contributed by atoms with Crippen molar-refractivity contribution in [1.29, 1.82) is 0 Å². The Balaban J connectivity index is 1.53. The van der Waals surface area contributed by atoms with Crippen LogP contribution in [0.25, 0.3) is 6.08 Å². The van der Waals surface area contributed by atoms with Crippen LogP contribution in [0, 0.1) is 6.92 Å². The third kappa shape index (κ3) is 6.42. The lowest BCUT2D eigenvalue weighted by Crippen LogP contribution is -2.10. The molecular formula is C23H21Cl3N2O4. The molecule has 0 amide bonds. The molecule has 6 nitrogen and oxygen atoms in total. The van der Waals surface area contributed by atoms with Gasteiger partial charge >= 0.3 is 5.97 Å². The summed E-state index contributed by atoms with van der Waals surface area (Å²) < 4.78 is 17.4. The second kappa shape index (κ2) is 11.3. The highest BCUT2D eigenvalue weighted by Gasteiger charge is 2.13. The number of benzene rings is 2. The standard InChI is InChI=1S/C23H21Cl3N2O4/c1-15-20(23(26)28(27-15)14-16-3-4-17(24)13-21(16)25)9-10-22(29)32-12-11-31-19-7-5-18(30-2)6-8-19/h3-10,13H,11-12,14H2,1-2H3. The monoisotopic (exact) mass is 494 g/mol. The molecular weight excluding hydrogens is 475 g/mol. The Morgan fingerprint density at radius 1 is 1.06 bits per heavy atom. The van der Waals surface area contributed by atoms with Crippen LogP contribution < -0.4 is 9.47 Å². The van der Waals surface area contributed by atoms with Gasteiger partial charge in [0.2, 0.25) is 0 Å². The average molecular weight is 496 g/mol. The van der Waals surface area contributed by atoms with E-state index >= 15 is 0 Å². The van der Waals surface area contributed by atoms with Crippen molar-refractivity contribution in [3.63, 3.8) is 0 Å². The molecule has 0 aliphatic carbocycles.